The van der Waals surface area contributed by atoms with E-state index in [1.54, 1.807) is 43.3 Å². The molecule has 1 N–H and O–H groups in total. The fourth-order valence-electron chi connectivity index (χ4n) is 2.89. The van der Waals surface area contributed by atoms with Crippen LogP contribution in [0.2, 0.25) is 5.02 Å². The number of ether oxygens (including phenoxy) is 2. The van der Waals surface area contributed by atoms with Gasteiger partial charge >= 0.3 is 5.63 Å². The fraction of sp³-hybridized carbons (Fsp3) is 0.200. The summed E-state index contributed by atoms with van der Waals surface area (Å²) in [6, 6.07) is 10.4. The summed E-state index contributed by atoms with van der Waals surface area (Å²) in [6.45, 7) is 1.77. The van der Waals surface area contributed by atoms with Crippen molar-refractivity contribution in [2.24, 2.45) is 0 Å². The molecular weight excluding hydrogens is 370 g/mol. The highest BCUT2D eigenvalue weighted by Crippen LogP contribution is 2.36. The first-order chi connectivity index (χ1) is 13.0. The number of benzene rings is 2. The van der Waals surface area contributed by atoms with Crippen molar-refractivity contribution in [1.82, 2.24) is 0 Å². The lowest BCUT2D eigenvalue weighted by atomic mass is 10.0. The van der Waals surface area contributed by atoms with Gasteiger partial charge in [0.2, 0.25) is 11.7 Å². The lowest BCUT2D eigenvalue weighted by molar-refractivity contribution is -0.115. The maximum atomic E-state index is 12.5. The molecule has 0 aliphatic heterocycles. The average Bonchev–Trinajstić information content (AvgIpc) is 2.66. The van der Waals surface area contributed by atoms with Crippen molar-refractivity contribution in [1.29, 1.82) is 0 Å². The van der Waals surface area contributed by atoms with Crippen LogP contribution in [0.1, 0.15) is 11.1 Å². The van der Waals surface area contributed by atoms with E-state index in [-0.39, 0.29) is 23.5 Å². The van der Waals surface area contributed by atoms with Gasteiger partial charge in [0.25, 0.3) is 0 Å². The number of amides is 1. The van der Waals surface area contributed by atoms with Crippen LogP contribution in [0.5, 0.6) is 11.5 Å². The summed E-state index contributed by atoms with van der Waals surface area (Å²) >= 11 is 6.05. The largest absolute Gasteiger partial charge is 0.493 e. The quantitative estimate of drug-likeness (QED) is 0.670. The molecule has 140 valence electrons. The first kappa shape index (κ1) is 18.8. The highest BCUT2D eigenvalue weighted by atomic mass is 35.5. The van der Waals surface area contributed by atoms with Crippen LogP contribution in [0.4, 0.5) is 5.69 Å². The molecule has 0 spiro atoms. The Morgan fingerprint density at radius 1 is 1.15 bits per heavy atom. The predicted octanol–water partition coefficient (Wildman–Crippen LogP) is 3.95. The number of rotatable bonds is 5. The van der Waals surface area contributed by atoms with E-state index in [4.69, 9.17) is 25.5 Å². The second-order valence-corrected chi connectivity index (χ2v) is 6.28. The molecule has 0 atom stereocenters. The maximum Gasteiger partial charge on any atom is 0.340 e. The second kappa shape index (κ2) is 7.72. The number of fused-ring (bicyclic) bond motifs is 1. The van der Waals surface area contributed by atoms with E-state index in [2.05, 4.69) is 5.32 Å². The topological polar surface area (TPSA) is 77.8 Å². The minimum Gasteiger partial charge on any atom is -0.493 e. The van der Waals surface area contributed by atoms with Crippen molar-refractivity contribution in [2.75, 3.05) is 19.5 Å². The van der Waals surface area contributed by atoms with Crippen LogP contribution in [0.15, 0.2) is 45.6 Å². The molecular formula is C20H18ClNO5. The molecule has 0 radical (unpaired) electrons. The molecule has 0 unspecified atom stereocenters. The van der Waals surface area contributed by atoms with Crippen molar-refractivity contribution >= 4 is 34.2 Å². The Morgan fingerprint density at radius 2 is 1.89 bits per heavy atom. The van der Waals surface area contributed by atoms with Crippen LogP contribution >= 0.6 is 11.6 Å². The number of carbonyl (C=O) groups excluding carboxylic acids is 1. The number of hydrogen-bond donors (Lipinski definition) is 1. The van der Waals surface area contributed by atoms with Gasteiger partial charge in [0.15, 0.2) is 11.3 Å². The van der Waals surface area contributed by atoms with Crippen LogP contribution in [0.25, 0.3) is 11.0 Å². The third kappa shape index (κ3) is 3.61. The number of carbonyl (C=O) groups is 1. The minimum atomic E-state index is -0.596. The van der Waals surface area contributed by atoms with Gasteiger partial charge in [-0.05, 0) is 36.8 Å². The smallest absolute Gasteiger partial charge is 0.340 e. The standard InChI is InChI=1S/C20H18ClNO5/c1-11-12-8-9-16(25-2)19(26-3)18(12)27-20(24)13(11)10-17(23)22-15-7-5-4-6-14(15)21/h4-9H,10H2,1-3H3,(H,22,23). The number of anilines is 1. The minimum absolute atomic E-state index is 0.135. The molecule has 0 fully saturated rings. The summed E-state index contributed by atoms with van der Waals surface area (Å²) in [5.74, 6) is 0.428. The molecule has 1 amide bonds. The molecule has 0 aliphatic carbocycles. The molecule has 3 aromatic rings. The third-order valence-corrected chi connectivity index (χ3v) is 4.61. The zero-order chi connectivity index (χ0) is 19.6. The summed E-state index contributed by atoms with van der Waals surface area (Å²) in [7, 11) is 2.97. The monoisotopic (exact) mass is 387 g/mol. The lowest BCUT2D eigenvalue weighted by Crippen LogP contribution is -2.21. The van der Waals surface area contributed by atoms with Crippen LogP contribution in [-0.2, 0) is 11.2 Å². The number of para-hydroxylation sites is 1. The van der Waals surface area contributed by atoms with E-state index >= 15 is 0 Å². The number of nitrogens with one attached hydrogen (secondary N) is 1. The van der Waals surface area contributed by atoms with Crippen LogP contribution in [0, 0.1) is 6.92 Å². The molecule has 1 heterocycles. The van der Waals surface area contributed by atoms with E-state index in [1.165, 1.54) is 14.2 Å². The van der Waals surface area contributed by atoms with Crippen LogP contribution < -0.4 is 20.4 Å². The van der Waals surface area contributed by atoms with Gasteiger partial charge in [0.1, 0.15) is 0 Å². The molecule has 3 rings (SSSR count). The Kier molecular flexibility index (Phi) is 5.37. The van der Waals surface area contributed by atoms with Crippen molar-refractivity contribution in [3.8, 4) is 11.5 Å². The molecule has 0 bridgehead atoms. The molecule has 0 saturated heterocycles. The first-order valence-corrected chi connectivity index (χ1v) is 8.55. The average molecular weight is 388 g/mol. The highest BCUT2D eigenvalue weighted by molar-refractivity contribution is 6.33. The number of hydrogen-bond acceptors (Lipinski definition) is 5. The Balaban J connectivity index is 1.99. The summed E-state index contributed by atoms with van der Waals surface area (Å²) in [5, 5.41) is 3.80. The van der Waals surface area contributed by atoms with Crippen LogP contribution in [-0.4, -0.2) is 20.1 Å². The van der Waals surface area contributed by atoms with E-state index in [1.807, 2.05) is 0 Å². The van der Waals surface area contributed by atoms with Crippen molar-refractivity contribution in [3.63, 3.8) is 0 Å². The Bertz CT molecular complexity index is 1070. The highest BCUT2D eigenvalue weighted by Gasteiger charge is 2.19. The number of methoxy groups -OCH3 is 2. The number of aryl methyl sites for hydroxylation is 1. The summed E-state index contributed by atoms with van der Waals surface area (Å²) in [4.78, 5) is 24.9. The number of halogens is 1. The van der Waals surface area contributed by atoms with E-state index in [9.17, 15) is 9.59 Å². The maximum absolute atomic E-state index is 12.5. The van der Waals surface area contributed by atoms with Gasteiger partial charge in [-0.2, -0.15) is 0 Å². The van der Waals surface area contributed by atoms with Crippen molar-refractivity contribution < 1.29 is 18.7 Å². The summed E-state index contributed by atoms with van der Waals surface area (Å²) in [5.41, 5.74) is 1.10. The lowest BCUT2D eigenvalue weighted by Gasteiger charge is -2.13. The zero-order valence-electron chi connectivity index (χ0n) is 15.1. The molecule has 6 nitrogen and oxygen atoms in total. The SMILES string of the molecule is COc1ccc2c(C)c(CC(=O)Nc3ccccc3Cl)c(=O)oc2c1OC. The second-order valence-electron chi connectivity index (χ2n) is 5.88. The normalized spacial score (nSPS) is 10.7. The van der Waals surface area contributed by atoms with Crippen LogP contribution in [0.3, 0.4) is 0 Å². The fourth-order valence-corrected chi connectivity index (χ4v) is 3.07. The molecule has 27 heavy (non-hydrogen) atoms. The van der Waals surface area contributed by atoms with Gasteiger partial charge in [-0.3, -0.25) is 4.79 Å². The van der Waals surface area contributed by atoms with Crippen molar-refractivity contribution in [3.05, 3.63) is 63.0 Å². The first-order valence-electron chi connectivity index (χ1n) is 8.18. The van der Waals surface area contributed by atoms with Gasteiger partial charge in [0, 0.05) is 5.39 Å². The Morgan fingerprint density at radius 3 is 2.56 bits per heavy atom. The van der Waals surface area contributed by atoms with E-state index in [0.29, 0.717) is 33.2 Å². The van der Waals surface area contributed by atoms with Gasteiger partial charge in [-0.25, -0.2) is 4.79 Å². The zero-order valence-corrected chi connectivity index (χ0v) is 15.8. The summed E-state index contributed by atoms with van der Waals surface area (Å²) < 4.78 is 16.0. The molecule has 0 saturated carbocycles. The molecule has 0 aliphatic rings. The predicted molar refractivity (Wildman–Crippen MR) is 104 cm³/mol. The van der Waals surface area contributed by atoms with Gasteiger partial charge in [-0.1, -0.05) is 23.7 Å². The third-order valence-electron chi connectivity index (χ3n) is 4.28. The Labute approximate surface area is 160 Å². The van der Waals surface area contributed by atoms with Gasteiger partial charge < -0.3 is 19.2 Å². The van der Waals surface area contributed by atoms with Crippen molar-refractivity contribution in [2.45, 2.75) is 13.3 Å². The van der Waals surface area contributed by atoms with Gasteiger partial charge in [0.05, 0.1) is 36.9 Å². The summed E-state index contributed by atoms with van der Waals surface area (Å²) in [6.07, 6.45) is -0.135. The van der Waals surface area contributed by atoms with E-state index < -0.39 is 5.63 Å². The van der Waals surface area contributed by atoms with Gasteiger partial charge in [-0.15, -0.1) is 0 Å². The Hall–Kier alpha value is -2.99. The molecule has 7 heteroatoms. The van der Waals surface area contributed by atoms with E-state index in [0.717, 1.165) is 0 Å². The molecule has 2 aromatic carbocycles. The molecule has 1 aromatic heterocycles.